The smallest absolute Gasteiger partial charge is 0.299 e. The standard InChI is InChI=1S/C15H20N4O5/c20-15-5-2-1-3-9-17(15)10-4-8-16-13-7-6-12(18(21)22)11-14(13)19(23)24/h6-7,11,16H,1-5,8-10H2. The number of hydrogen-bond acceptors (Lipinski definition) is 6. The van der Waals surface area contributed by atoms with Crippen molar-refractivity contribution in [2.45, 2.75) is 32.1 Å². The molecule has 1 aromatic rings. The third-order valence-electron chi connectivity index (χ3n) is 3.98. The lowest BCUT2D eigenvalue weighted by molar-refractivity contribution is -0.393. The van der Waals surface area contributed by atoms with Gasteiger partial charge in [-0.2, -0.15) is 0 Å². The first-order chi connectivity index (χ1) is 11.5. The topological polar surface area (TPSA) is 119 Å². The Morgan fingerprint density at radius 3 is 2.62 bits per heavy atom. The van der Waals surface area contributed by atoms with Crippen molar-refractivity contribution in [3.63, 3.8) is 0 Å². The van der Waals surface area contributed by atoms with E-state index in [-0.39, 0.29) is 23.0 Å². The van der Waals surface area contributed by atoms with Crippen LogP contribution in [0.4, 0.5) is 17.1 Å². The van der Waals surface area contributed by atoms with Gasteiger partial charge in [-0.25, -0.2) is 0 Å². The molecule has 1 N–H and O–H groups in total. The van der Waals surface area contributed by atoms with Crippen molar-refractivity contribution in [1.82, 2.24) is 4.90 Å². The summed E-state index contributed by atoms with van der Waals surface area (Å²) in [6.45, 7) is 1.81. The Balaban J connectivity index is 1.90. The van der Waals surface area contributed by atoms with E-state index >= 15 is 0 Å². The highest BCUT2D eigenvalue weighted by molar-refractivity contribution is 5.76. The van der Waals surface area contributed by atoms with Crippen molar-refractivity contribution in [1.29, 1.82) is 0 Å². The molecule has 1 aromatic carbocycles. The number of carbonyl (C=O) groups excluding carboxylic acids is 1. The molecule has 1 saturated heterocycles. The normalized spacial score (nSPS) is 15.0. The van der Waals surface area contributed by atoms with Gasteiger partial charge in [0.1, 0.15) is 5.69 Å². The molecule has 1 aliphatic heterocycles. The van der Waals surface area contributed by atoms with Gasteiger partial charge in [0.15, 0.2) is 0 Å². The summed E-state index contributed by atoms with van der Waals surface area (Å²) in [4.78, 5) is 34.2. The van der Waals surface area contributed by atoms with Crippen molar-refractivity contribution < 1.29 is 14.6 Å². The van der Waals surface area contributed by atoms with E-state index < -0.39 is 9.85 Å². The summed E-state index contributed by atoms with van der Waals surface area (Å²) in [7, 11) is 0. The highest BCUT2D eigenvalue weighted by atomic mass is 16.6. The lowest BCUT2D eigenvalue weighted by Crippen LogP contribution is -2.32. The number of likely N-dealkylation sites (tertiary alicyclic amines) is 1. The zero-order valence-corrected chi connectivity index (χ0v) is 13.3. The second kappa shape index (κ2) is 8.23. The van der Waals surface area contributed by atoms with E-state index in [1.54, 1.807) is 0 Å². The van der Waals surface area contributed by atoms with Gasteiger partial charge >= 0.3 is 0 Å². The third-order valence-corrected chi connectivity index (χ3v) is 3.98. The number of nitrogens with one attached hydrogen (secondary N) is 1. The number of non-ortho nitro benzene ring substituents is 1. The lowest BCUT2D eigenvalue weighted by Gasteiger charge is -2.20. The van der Waals surface area contributed by atoms with E-state index in [0.717, 1.165) is 31.9 Å². The summed E-state index contributed by atoms with van der Waals surface area (Å²) in [6, 6.07) is 3.52. The van der Waals surface area contributed by atoms with Crippen LogP contribution in [0.1, 0.15) is 32.1 Å². The fourth-order valence-electron chi connectivity index (χ4n) is 2.70. The number of rotatable bonds is 7. The van der Waals surface area contributed by atoms with Gasteiger partial charge in [-0.05, 0) is 25.3 Å². The molecular weight excluding hydrogens is 316 g/mol. The minimum atomic E-state index is -0.665. The molecular formula is C15H20N4O5. The van der Waals surface area contributed by atoms with Crippen LogP contribution in [-0.4, -0.2) is 40.3 Å². The van der Waals surface area contributed by atoms with E-state index in [4.69, 9.17) is 0 Å². The Bertz CT molecular complexity index is 634. The number of nitro benzene ring substituents is 2. The molecule has 1 heterocycles. The Morgan fingerprint density at radius 1 is 1.12 bits per heavy atom. The molecule has 2 rings (SSSR count). The number of benzene rings is 1. The average Bonchev–Trinajstić information content (AvgIpc) is 2.75. The zero-order chi connectivity index (χ0) is 17.5. The molecule has 1 fully saturated rings. The van der Waals surface area contributed by atoms with Gasteiger partial charge < -0.3 is 10.2 Å². The minimum absolute atomic E-state index is 0.161. The molecule has 0 radical (unpaired) electrons. The van der Waals surface area contributed by atoms with E-state index in [9.17, 15) is 25.0 Å². The van der Waals surface area contributed by atoms with Gasteiger partial charge in [-0.15, -0.1) is 0 Å². The highest BCUT2D eigenvalue weighted by Gasteiger charge is 2.19. The van der Waals surface area contributed by atoms with Crippen LogP contribution in [0.5, 0.6) is 0 Å². The van der Waals surface area contributed by atoms with Crippen LogP contribution >= 0.6 is 0 Å². The van der Waals surface area contributed by atoms with Gasteiger partial charge in [0.2, 0.25) is 5.91 Å². The van der Waals surface area contributed by atoms with Crippen LogP contribution in [-0.2, 0) is 4.79 Å². The largest absolute Gasteiger partial charge is 0.379 e. The molecule has 24 heavy (non-hydrogen) atoms. The quantitative estimate of drug-likeness (QED) is 0.464. The fourth-order valence-corrected chi connectivity index (χ4v) is 2.70. The summed E-state index contributed by atoms with van der Waals surface area (Å²) in [5.74, 6) is 0.161. The van der Waals surface area contributed by atoms with Crippen LogP contribution in [0.3, 0.4) is 0 Å². The number of hydrogen-bond donors (Lipinski definition) is 1. The zero-order valence-electron chi connectivity index (χ0n) is 13.3. The predicted octanol–water partition coefficient (Wildman–Crippen LogP) is 2.71. The second-order valence-electron chi connectivity index (χ2n) is 5.69. The molecule has 0 bridgehead atoms. The average molecular weight is 336 g/mol. The van der Waals surface area contributed by atoms with E-state index in [1.165, 1.54) is 12.1 Å². The molecule has 0 unspecified atom stereocenters. The SMILES string of the molecule is O=C1CCCCCN1CCCNc1ccc([N+](=O)[O-])cc1[N+](=O)[O-]. The molecule has 9 nitrogen and oxygen atoms in total. The van der Waals surface area contributed by atoms with Crippen molar-refractivity contribution in [2.75, 3.05) is 25.0 Å². The molecule has 0 atom stereocenters. The van der Waals surface area contributed by atoms with Gasteiger partial charge in [0.05, 0.1) is 15.9 Å². The lowest BCUT2D eigenvalue weighted by atomic mass is 10.2. The molecule has 1 amide bonds. The van der Waals surface area contributed by atoms with Gasteiger partial charge in [-0.3, -0.25) is 25.0 Å². The fraction of sp³-hybridized carbons (Fsp3) is 0.533. The van der Waals surface area contributed by atoms with Gasteiger partial charge in [-0.1, -0.05) is 6.42 Å². The first-order valence-corrected chi connectivity index (χ1v) is 7.93. The Labute approximate surface area is 138 Å². The summed E-state index contributed by atoms with van der Waals surface area (Å²) in [5.41, 5.74) is -0.398. The third kappa shape index (κ3) is 4.64. The van der Waals surface area contributed by atoms with Crippen LogP contribution < -0.4 is 5.32 Å². The highest BCUT2D eigenvalue weighted by Crippen LogP contribution is 2.28. The van der Waals surface area contributed by atoms with Crippen molar-refractivity contribution >= 4 is 23.0 Å². The monoisotopic (exact) mass is 336 g/mol. The molecule has 0 aromatic heterocycles. The van der Waals surface area contributed by atoms with Crippen molar-refractivity contribution in [3.05, 3.63) is 38.4 Å². The van der Waals surface area contributed by atoms with Crippen molar-refractivity contribution in [3.8, 4) is 0 Å². The number of anilines is 1. The molecule has 0 spiro atoms. The molecule has 0 aliphatic carbocycles. The molecule has 130 valence electrons. The molecule has 0 saturated carbocycles. The predicted molar refractivity (Wildman–Crippen MR) is 87.9 cm³/mol. The maximum atomic E-state index is 11.9. The van der Waals surface area contributed by atoms with Crippen LogP contribution in [0.25, 0.3) is 0 Å². The minimum Gasteiger partial charge on any atom is -0.379 e. The Hall–Kier alpha value is -2.71. The van der Waals surface area contributed by atoms with Crippen LogP contribution in [0, 0.1) is 20.2 Å². The molecule has 9 heteroatoms. The summed E-state index contributed by atoms with van der Waals surface area (Å²) in [6.07, 6.45) is 4.24. The Kier molecular flexibility index (Phi) is 6.05. The van der Waals surface area contributed by atoms with Crippen LogP contribution in [0.2, 0.25) is 0 Å². The summed E-state index contributed by atoms with van der Waals surface area (Å²) < 4.78 is 0. The van der Waals surface area contributed by atoms with Gasteiger partial charge in [0.25, 0.3) is 11.4 Å². The van der Waals surface area contributed by atoms with Gasteiger partial charge in [0, 0.05) is 32.1 Å². The van der Waals surface area contributed by atoms with E-state index in [0.29, 0.717) is 25.9 Å². The van der Waals surface area contributed by atoms with Crippen LogP contribution in [0.15, 0.2) is 18.2 Å². The maximum Gasteiger partial charge on any atom is 0.299 e. The first-order valence-electron chi connectivity index (χ1n) is 7.93. The number of nitro groups is 2. The number of nitrogens with zero attached hydrogens (tertiary/aromatic N) is 3. The maximum absolute atomic E-state index is 11.9. The summed E-state index contributed by atoms with van der Waals surface area (Å²) in [5, 5.41) is 24.7. The first kappa shape index (κ1) is 17.6. The number of amides is 1. The Morgan fingerprint density at radius 2 is 1.92 bits per heavy atom. The second-order valence-corrected chi connectivity index (χ2v) is 5.69. The van der Waals surface area contributed by atoms with Crippen molar-refractivity contribution in [2.24, 2.45) is 0 Å². The number of carbonyl (C=O) groups is 1. The van der Waals surface area contributed by atoms with E-state index in [2.05, 4.69) is 5.32 Å². The van der Waals surface area contributed by atoms with E-state index in [1.807, 2.05) is 4.90 Å². The summed E-state index contributed by atoms with van der Waals surface area (Å²) >= 11 is 0. The molecule has 1 aliphatic rings.